The number of aliphatic hydroxyl groups is 1. The second-order valence-corrected chi connectivity index (χ2v) is 14.3. The standard InChI is InChI=1S/C24H31F5N4O2S2/c25-37(26,27,28,29)19-7-5-17(6-8-19)18-9-13-33(14-10-18)23-30-20-4-1-2-15-36(35)21(20)22(31-23)32-24(16-34)11-3-12-24/h5-8,18,34H,1-4,9-16H2,(H,30,31,32)/t36-/m1/s1. The van der Waals surface area contributed by atoms with Gasteiger partial charge in [-0.15, -0.1) is 0 Å². The van der Waals surface area contributed by atoms with Gasteiger partial charge in [0.2, 0.25) is 5.95 Å². The van der Waals surface area contributed by atoms with Crippen molar-refractivity contribution in [3.8, 4) is 0 Å². The summed E-state index contributed by atoms with van der Waals surface area (Å²) in [6, 6.07) is 3.26. The van der Waals surface area contributed by atoms with Gasteiger partial charge in [0.15, 0.2) is 0 Å². The molecule has 1 aromatic heterocycles. The van der Waals surface area contributed by atoms with Crippen molar-refractivity contribution in [3.63, 3.8) is 0 Å². The van der Waals surface area contributed by atoms with E-state index in [0.717, 1.165) is 49.9 Å². The van der Waals surface area contributed by atoms with Crippen molar-refractivity contribution >= 4 is 32.8 Å². The van der Waals surface area contributed by atoms with Crippen LogP contribution >= 0.6 is 10.2 Å². The van der Waals surface area contributed by atoms with Crippen molar-refractivity contribution in [1.29, 1.82) is 0 Å². The molecule has 6 nitrogen and oxygen atoms in total. The van der Waals surface area contributed by atoms with E-state index in [4.69, 9.17) is 9.97 Å². The summed E-state index contributed by atoms with van der Waals surface area (Å²) in [5.41, 5.74) is 0.884. The van der Waals surface area contributed by atoms with Crippen LogP contribution in [0.4, 0.5) is 31.2 Å². The van der Waals surface area contributed by atoms with Crippen LogP contribution in [0.5, 0.6) is 0 Å². The molecule has 0 unspecified atom stereocenters. The monoisotopic (exact) mass is 566 g/mol. The first-order chi connectivity index (χ1) is 17.3. The molecule has 3 heterocycles. The molecule has 0 spiro atoms. The molecule has 1 saturated carbocycles. The minimum absolute atomic E-state index is 0.0417. The highest BCUT2D eigenvalue weighted by molar-refractivity contribution is 8.45. The van der Waals surface area contributed by atoms with Crippen LogP contribution in [-0.4, -0.2) is 50.3 Å². The minimum atomic E-state index is -9.69. The number of hydrogen-bond acceptors (Lipinski definition) is 6. The van der Waals surface area contributed by atoms with Gasteiger partial charge in [0.05, 0.1) is 28.6 Å². The molecule has 2 aromatic rings. The highest BCUT2D eigenvalue weighted by atomic mass is 32.5. The number of benzene rings is 1. The van der Waals surface area contributed by atoms with Crippen molar-refractivity contribution in [1.82, 2.24) is 9.97 Å². The first-order valence-electron chi connectivity index (χ1n) is 12.5. The Morgan fingerprint density at radius 1 is 1.03 bits per heavy atom. The lowest BCUT2D eigenvalue weighted by Crippen LogP contribution is -2.49. The van der Waals surface area contributed by atoms with Gasteiger partial charge in [-0.1, -0.05) is 31.6 Å². The SMILES string of the molecule is O=[S@@]1CCCCc2nc(N3CCC(c4ccc(S(F)(F)(F)(F)F)cc4)CC3)nc(NC3(CO)CCC3)c21. The average Bonchev–Trinajstić information content (AvgIpc) is 3.01. The minimum Gasteiger partial charge on any atom is -0.394 e. The molecule has 3 aliphatic rings. The van der Waals surface area contributed by atoms with E-state index in [0.29, 0.717) is 72.5 Å². The maximum atomic E-state index is 13.1. The number of aromatic nitrogens is 2. The Morgan fingerprint density at radius 3 is 2.27 bits per heavy atom. The smallest absolute Gasteiger partial charge is 0.310 e. The van der Waals surface area contributed by atoms with E-state index in [1.165, 1.54) is 0 Å². The molecule has 2 fully saturated rings. The number of anilines is 2. The zero-order valence-corrected chi connectivity index (χ0v) is 21.9. The molecule has 1 atom stereocenters. The van der Waals surface area contributed by atoms with Gasteiger partial charge in [-0.05, 0) is 75.0 Å². The number of aliphatic hydroxyl groups excluding tert-OH is 1. The molecule has 206 valence electrons. The summed E-state index contributed by atoms with van der Waals surface area (Å²) in [6.07, 6.45) is 6.19. The molecular weight excluding hydrogens is 535 g/mol. The lowest BCUT2D eigenvalue weighted by Gasteiger charge is -2.42. The van der Waals surface area contributed by atoms with Crippen LogP contribution in [0, 0.1) is 0 Å². The highest BCUT2D eigenvalue weighted by Crippen LogP contribution is 3.02. The predicted molar refractivity (Wildman–Crippen MR) is 136 cm³/mol. The molecule has 1 saturated heterocycles. The molecule has 0 bridgehead atoms. The van der Waals surface area contributed by atoms with Gasteiger partial charge in [-0.2, -0.15) is 4.98 Å². The molecule has 13 heteroatoms. The van der Waals surface area contributed by atoms with Gasteiger partial charge < -0.3 is 15.3 Å². The Morgan fingerprint density at radius 2 is 1.70 bits per heavy atom. The van der Waals surface area contributed by atoms with Crippen molar-refractivity contribution < 1.29 is 28.7 Å². The van der Waals surface area contributed by atoms with Gasteiger partial charge >= 0.3 is 10.2 Å². The van der Waals surface area contributed by atoms with E-state index >= 15 is 0 Å². The summed E-state index contributed by atoms with van der Waals surface area (Å²) in [4.78, 5) is 10.3. The normalized spacial score (nSPS) is 24.3. The number of nitrogens with zero attached hydrogens (tertiary/aromatic N) is 3. The summed E-state index contributed by atoms with van der Waals surface area (Å²) in [7, 11) is -10.9. The largest absolute Gasteiger partial charge is 0.394 e. The van der Waals surface area contributed by atoms with Crippen LogP contribution < -0.4 is 10.2 Å². The lowest BCUT2D eigenvalue weighted by atomic mass is 9.77. The molecule has 2 N–H and O–H groups in total. The fourth-order valence-electron chi connectivity index (χ4n) is 5.33. The number of piperidine rings is 1. The number of halogens is 5. The van der Waals surface area contributed by atoms with E-state index < -0.39 is 31.5 Å². The summed E-state index contributed by atoms with van der Waals surface area (Å²) in [5.74, 6) is 1.50. The van der Waals surface area contributed by atoms with E-state index in [2.05, 4.69) is 5.32 Å². The van der Waals surface area contributed by atoms with E-state index in [1.807, 2.05) is 4.90 Å². The number of fused-ring (bicyclic) bond motifs is 1. The van der Waals surface area contributed by atoms with Gasteiger partial charge in [0.25, 0.3) is 0 Å². The quantitative estimate of drug-likeness (QED) is 0.401. The van der Waals surface area contributed by atoms with Gasteiger partial charge in [0, 0.05) is 18.8 Å². The predicted octanol–water partition coefficient (Wildman–Crippen LogP) is 6.29. The number of hydrogen-bond donors (Lipinski definition) is 2. The maximum Gasteiger partial charge on any atom is 0.310 e. The lowest BCUT2D eigenvalue weighted by molar-refractivity contribution is 0.143. The number of rotatable bonds is 6. The summed E-state index contributed by atoms with van der Waals surface area (Å²) >= 11 is 0. The van der Waals surface area contributed by atoms with Gasteiger partial charge in [-0.3, -0.25) is 4.21 Å². The van der Waals surface area contributed by atoms with Crippen LogP contribution in [0.3, 0.4) is 0 Å². The van der Waals surface area contributed by atoms with E-state index in [1.54, 1.807) is 0 Å². The van der Waals surface area contributed by atoms with Gasteiger partial charge in [-0.25, -0.2) is 4.98 Å². The molecule has 0 amide bonds. The van der Waals surface area contributed by atoms with Crippen LogP contribution in [0.1, 0.15) is 62.1 Å². The Hall–Kier alpha value is -1.99. The maximum absolute atomic E-state index is 13.1. The third-order valence-corrected chi connectivity index (χ3v) is 10.4. The van der Waals surface area contributed by atoms with Crippen molar-refractivity contribution in [2.75, 3.05) is 35.7 Å². The van der Waals surface area contributed by atoms with Crippen LogP contribution in [0.2, 0.25) is 0 Å². The molecule has 5 rings (SSSR count). The first-order valence-corrected chi connectivity index (χ1v) is 15.8. The molecular formula is C24H31F5N4O2S2. The van der Waals surface area contributed by atoms with Crippen LogP contribution in [0.25, 0.3) is 0 Å². The molecule has 2 aliphatic heterocycles. The summed E-state index contributed by atoms with van der Waals surface area (Å²) in [5, 5.41) is 13.4. The second-order valence-electron chi connectivity index (χ2n) is 10.4. The number of nitrogens with one attached hydrogen (secondary N) is 1. The fourth-order valence-corrected chi connectivity index (χ4v) is 7.38. The molecule has 0 radical (unpaired) electrons. The zero-order valence-electron chi connectivity index (χ0n) is 20.3. The molecule has 1 aromatic carbocycles. The van der Waals surface area contributed by atoms with E-state index in [-0.39, 0.29) is 12.5 Å². The summed E-state index contributed by atoms with van der Waals surface area (Å²) < 4.78 is 78.3. The molecule has 37 heavy (non-hydrogen) atoms. The topological polar surface area (TPSA) is 78.4 Å². The zero-order chi connectivity index (χ0) is 26.5. The van der Waals surface area contributed by atoms with Crippen LogP contribution in [0.15, 0.2) is 34.1 Å². The van der Waals surface area contributed by atoms with Crippen molar-refractivity contribution in [3.05, 3.63) is 35.5 Å². The second kappa shape index (κ2) is 8.77. The first kappa shape index (κ1) is 26.6. The Labute approximate surface area is 215 Å². The fraction of sp³-hybridized carbons (Fsp3) is 0.583. The third-order valence-electron chi connectivity index (χ3n) is 7.72. The van der Waals surface area contributed by atoms with Crippen LogP contribution in [-0.2, 0) is 17.2 Å². The third kappa shape index (κ3) is 5.58. The Kier molecular flexibility index (Phi) is 6.31. The Balaban J connectivity index is 1.36. The molecule has 1 aliphatic carbocycles. The highest BCUT2D eigenvalue weighted by Gasteiger charge is 2.65. The van der Waals surface area contributed by atoms with Crippen molar-refractivity contribution in [2.45, 2.75) is 72.6 Å². The van der Waals surface area contributed by atoms with Crippen molar-refractivity contribution in [2.24, 2.45) is 0 Å². The average molecular weight is 567 g/mol. The summed E-state index contributed by atoms with van der Waals surface area (Å²) in [6.45, 7) is 1.04. The van der Waals surface area contributed by atoms with E-state index in [9.17, 15) is 28.7 Å². The van der Waals surface area contributed by atoms with Gasteiger partial charge in [0.1, 0.15) is 15.6 Å². The Bertz CT molecular complexity index is 1190. The number of aryl methyl sites for hydroxylation is 1.